The van der Waals surface area contributed by atoms with E-state index in [1.807, 2.05) is 36.4 Å². The maximum absolute atomic E-state index is 10.4. The molecule has 0 atom stereocenters. The van der Waals surface area contributed by atoms with E-state index in [0.717, 1.165) is 30.9 Å². The van der Waals surface area contributed by atoms with Crippen LogP contribution in [0, 0.1) is 0 Å². The lowest BCUT2D eigenvalue weighted by Crippen LogP contribution is -1.97. The Morgan fingerprint density at radius 1 is 0.595 bits per heavy atom. The maximum Gasteiger partial charge on any atom is 0.128 e. The molecule has 0 heterocycles. The Morgan fingerprint density at radius 2 is 1.05 bits per heavy atom. The van der Waals surface area contributed by atoms with Gasteiger partial charge in [0.1, 0.15) is 17.2 Å². The van der Waals surface area contributed by atoms with Crippen molar-refractivity contribution in [3.8, 4) is 17.2 Å². The number of benzene rings is 2. The smallest absolute Gasteiger partial charge is 0.128 e. The molecule has 0 amide bonds. The van der Waals surface area contributed by atoms with Crippen LogP contribution in [0.2, 0.25) is 0 Å². The van der Waals surface area contributed by atoms with Crippen LogP contribution in [0.15, 0.2) is 47.5 Å². The lowest BCUT2D eigenvalue weighted by atomic mass is 10.1. The van der Waals surface area contributed by atoms with Crippen molar-refractivity contribution in [2.45, 2.75) is 117 Å². The number of aliphatic imine (C=N–C) groups is 1. The number of hydrogen-bond donors (Lipinski definition) is 1. The van der Waals surface area contributed by atoms with E-state index < -0.39 is 0 Å². The molecule has 2 aromatic rings. The monoisotopic (exact) mass is 509 g/mol. The molecular formula is C33H51NO3. The van der Waals surface area contributed by atoms with Crippen molar-refractivity contribution >= 4 is 11.9 Å². The van der Waals surface area contributed by atoms with Crippen molar-refractivity contribution in [2.75, 3.05) is 13.2 Å². The van der Waals surface area contributed by atoms with E-state index in [1.54, 1.807) is 12.3 Å². The first-order valence-electron chi connectivity index (χ1n) is 15.0. The summed E-state index contributed by atoms with van der Waals surface area (Å²) < 4.78 is 11.7. The van der Waals surface area contributed by atoms with Gasteiger partial charge in [-0.3, -0.25) is 4.99 Å². The Balaban J connectivity index is 1.61. The van der Waals surface area contributed by atoms with Gasteiger partial charge in [-0.1, -0.05) is 104 Å². The van der Waals surface area contributed by atoms with Gasteiger partial charge in [-0.05, 0) is 49.2 Å². The number of rotatable bonds is 22. The molecule has 0 spiro atoms. The second kappa shape index (κ2) is 20.6. The van der Waals surface area contributed by atoms with E-state index in [9.17, 15) is 5.11 Å². The highest BCUT2D eigenvalue weighted by atomic mass is 16.5. The van der Waals surface area contributed by atoms with Gasteiger partial charge in [0.2, 0.25) is 0 Å². The molecule has 0 aliphatic heterocycles. The van der Waals surface area contributed by atoms with Crippen molar-refractivity contribution in [3.05, 3.63) is 48.0 Å². The zero-order chi connectivity index (χ0) is 26.4. The standard InChI is InChI=1S/C33H51NO3/c1-3-5-7-9-11-12-13-14-16-18-26-37-32-22-19-29(33(35)27-32)28-34-30-20-23-31(24-21-30)36-25-17-15-10-8-6-4-2/h19-24,27-28,35H,3-18,25-26H2,1-2H3. The maximum atomic E-state index is 10.4. The Bertz CT molecular complexity index is 847. The van der Waals surface area contributed by atoms with Crippen LogP contribution in [-0.2, 0) is 0 Å². The third-order valence-electron chi connectivity index (χ3n) is 6.72. The summed E-state index contributed by atoms with van der Waals surface area (Å²) in [5.41, 5.74) is 1.50. The number of nitrogens with zero attached hydrogens (tertiary/aromatic N) is 1. The predicted molar refractivity (Wildman–Crippen MR) is 158 cm³/mol. The molecule has 4 nitrogen and oxygen atoms in total. The van der Waals surface area contributed by atoms with Gasteiger partial charge in [0.25, 0.3) is 0 Å². The molecule has 206 valence electrons. The summed E-state index contributed by atoms with van der Waals surface area (Å²) in [4.78, 5) is 4.50. The fourth-order valence-electron chi connectivity index (χ4n) is 4.35. The Morgan fingerprint density at radius 3 is 1.57 bits per heavy atom. The van der Waals surface area contributed by atoms with Crippen LogP contribution >= 0.6 is 0 Å². The van der Waals surface area contributed by atoms with Gasteiger partial charge in [0.05, 0.1) is 18.9 Å². The van der Waals surface area contributed by atoms with Crippen LogP contribution in [0.5, 0.6) is 17.2 Å². The SMILES string of the molecule is CCCCCCCCCCCCOc1ccc(C=Nc2ccc(OCCCCCCCC)cc2)c(O)c1. The molecule has 0 saturated heterocycles. The van der Waals surface area contributed by atoms with Crippen LogP contribution in [0.4, 0.5) is 5.69 Å². The number of phenolic OH excluding ortho intramolecular Hbond substituents is 1. The summed E-state index contributed by atoms with van der Waals surface area (Å²) >= 11 is 0. The molecule has 0 saturated carbocycles. The normalized spacial score (nSPS) is 11.3. The van der Waals surface area contributed by atoms with Gasteiger partial charge in [0.15, 0.2) is 0 Å². The van der Waals surface area contributed by atoms with Crippen LogP contribution in [-0.4, -0.2) is 24.5 Å². The highest BCUT2D eigenvalue weighted by Gasteiger charge is 2.03. The van der Waals surface area contributed by atoms with Gasteiger partial charge in [-0.25, -0.2) is 0 Å². The molecule has 0 radical (unpaired) electrons. The summed E-state index contributed by atoms with van der Waals surface area (Å²) in [6.45, 7) is 5.96. The molecule has 0 aliphatic rings. The number of aromatic hydroxyl groups is 1. The lowest BCUT2D eigenvalue weighted by Gasteiger charge is -2.08. The molecule has 2 aromatic carbocycles. The van der Waals surface area contributed by atoms with Gasteiger partial charge in [-0.15, -0.1) is 0 Å². The summed E-state index contributed by atoms with van der Waals surface area (Å²) in [6.07, 6.45) is 22.3. The van der Waals surface area contributed by atoms with Crippen molar-refractivity contribution in [1.29, 1.82) is 0 Å². The summed E-state index contributed by atoms with van der Waals surface area (Å²) in [6, 6.07) is 13.2. The minimum absolute atomic E-state index is 0.184. The molecule has 0 aromatic heterocycles. The van der Waals surface area contributed by atoms with Crippen LogP contribution in [0.1, 0.15) is 122 Å². The van der Waals surface area contributed by atoms with Gasteiger partial charge in [-0.2, -0.15) is 0 Å². The second-order valence-electron chi connectivity index (χ2n) is 10.1. The van der Waals surface area contributed by atoms with Crippen LogP contribution < -0.4 is 9.47 Å². The van der Waals surface area contributed by atoms with E-state index in [1.165, 1.54) is 89.9 Å². The third kappa shape index (κ3) is 14.7. The number of hydrogen-bond acceptors (Lipinski definition) is 4. The Hall–Kier alpha value is -2.49. The zero-order valence-corrected chi connectivity index (χ0v) is 23.6. The Kier molecular flexibility index (Phi) is 17.1. The molecule has 0 unspecified atom stereocenters. The average Bonchev–Trinajstić information content (AvgIpc) is 2.91. The lowest BCUT2D eigenvalue weighted by molar-refractivity contribution is 0.302. The van der Waals surface area contributed by atoms with Crippen molar-refractivity contribution < 1.29 is 14.6 Å². The molecular weight excluding hydrogens is 458 g/mol. The van der Waals surface area contributed by atoms with Crippen LogP contribution in [0.25, 0.3) is 0 Å². The predicted octanol–water partition coefficient (Wildman–Crippen LogP) is 10.2. The first-order valence-corrected chi connectivity index (χ1v) is 15.0. The van der Waals surface area contributed by atoms with E-state index in [4.69, 9.17) is 9.47 Å². The molecule has 2 rings (SSSR count). The molecule has 0 fully saturated rings. The fraction of sp³-hybridized carbons (Fsp3) is 0.606. The Labute approximate surface area is 226 Å². The van der Waals surface area contributed by atoms with Crippen molar-refractivity contribution in [3.63, 3.8) is 0 Å². The van der Waals surface area contributed by atoms with Crippen molar-refractivity contribution in [2.24, 2.45) is 4.99 Å². The molecule has 0 bridgehead atoms. The van der Waals surface area contributed by atoms with E-state index in [0.29, 0.717) is 17.9 Å². The quantitative estimate of drug-likeness (QED) is 0.127. The number of phenols is 1. The molecule has 0 aliphatic carbocycles. The van der Waals surface area contributed by atoms with Crippen molar-refractivity contribution in [1.82, 2.24) is 0 Å². The summed E-state index contributed by atoms with van der Waals surface area (Å²) in [5.74, 6) is 1.76. The number of unbranched alkanes of at least 4 members (excludes halogenated alkanes) is 14. The summed E-state index contributed by atoms with van der Waals surface area (Å²) in [7, 11) is 0. The third-order valence-corrected chi connectivity index (χ3v) is 6.72. The minimum Gasteiger partial charge on any atom is -0.507 e. The van der Waals surface area contributed by atoms with E-state index in [2.05, 4.69) is 18.8 Å². The highest BCUT2D eigenvalue weighted by molar-refractivity contribution is 5.85. The zero-order valence-electron chi connectivity index (χ0n) is 23.6. The minimum atomic E-state index is 0.184. The first-order chi connectivity index (χ1) is 18.2. The number of ether oxygens (including phenoxy) is 2. The second-order valence-corrected chi connectivity index (χ2v) is 10.1. The average molecular weight is 510 g/mol. The largest absolute Gasteiger partial charge is 0.507 e. The van der Waals surface area contributed by atoms with Gasteiger partial charge < -0.3 is 14.6 Å². The highest BCUT2D eigenvalue weighted by Crippen LogP contribution is 2.24. The van der Waals surface area contributed by atoms with Crippen LogP contribution in [0.3, 0.4) is 0 Å². The van der Waals surface area contributed by atoms with E-state index in [-0.39, 0.29) is 5.75 Å². The molecule has 4 heteroatoms. The summed E-state index contributed by atoms with van der Waals surface area (Å²) in [5, 5.41) is 10.4. The molecule has 1 N–H and O–H groups in total. The van der Waals surface area contributed by atoms with Gasteiger partial charge in [0, 0.05) is 17.8 Å². The first kappa shape index (κ1) is 30.7. The fourth-order valence-corrected chi connectivity index (χ4v) is 4.35. The van der Waals surface area contributed by atoms with E-state index >= 15 is 0 Å². The topological polar surface area (TPSA) is 51.0 Å². The van der Waals surface area contributed by atoms with Gasteiger partial charge >= 0.3 is 0 Å². The molecule has 37 heavy (non-hydrogen) atoms.